The van der Waals surface area contributed by atoms with Gasteiger partial charge in [0.1, 0.15) is 0 Å². The third-order valence-electron chi connectivity index (χ3n) is 5.45. The molecule has 2 atom stereocenters. The highest BCUT2D eigenvalue weighted by atomic mass is 16.2. The third-order valence-corrected chi connectivity index (χ3v) is 5.45. The van der Waals surface area contributed by atoms with E-state index in [1.165, 1.54) is 0 Å². The number of anilines is 2. The molecule has 0 radical (unpaired) electrons. The van der Waals surface area contributed by atoms with Gasteiger partial charge in [-0.25, -0.2) is 0 Å². The minimum atomic E-state index is -0.133. The molecule has 3 nitrogen and oxygen atoms in total. The lowest BCUT2D eigenvalue weighted by Crippen LogP contribution is -2.39. The van der Waals surface area contributed by atoms with E-state index in [2.05, 4.69) is 54.7 Å². The number of fused-ring (bicyclic) bond motifs is 1. The number of para-hydroxylation sites is 2. The summed E-state index contributed by atoms with van der Waals surface area (Å²) in [7, 11) is 0. The van der Waals surface area contributed by atoms with Crippen molar-refractivity contribution in [3.05, 3.63) is 102 Å². The van der Waals surface area contributed by atoms with Gasteiger partial charge in [-0.2, -0.15) is 0 Å². The minimum Gasteiger partial charge on any atom is -0.380 e. The first kappa shape index (κ1) is 19.0. The first-order valence-corrected chi connectivity index (χ1v) is 10.1. The molecule has 3 aromatic rings. The van der Waals surface area contributed by atoms with E-state index in [0.717, 1.165) is 22.5 Å². The summed E-state index contributed by atoms with van der Waals surface area (Å²) in [5.74, 6) is 0.0302. The van der Waals surface area contributed by atoms with E-state index in [0.29, 0.717) is 13.0 Å². The average Bonchev–Trinajstić information content (AvgIpc) is 2.85. The van der Waals surface area contributed by atoms with Crippen LogP contribution in [0.5, 0.6) is 0 Å². The van der Waals surface area contributed by atoms with Crippen molar-refractivity contribution < 1.29 is 4.79 Å². The lowest BCUT2D eigenvalue weighted by molar-refractivity contribution is -0.122. The topological polar surface area (TPSA) is 32.3 Å². The van der Waals surface area contributed by atoms with E-state index in [1.807, 2.05) is 59.5 Å². The van der Waals surface area contributed by atoms with Crippen LogP contribution in [0.2, 0.25) is 0 Å². The Morgan fingerprint density at radius 3 is 2.31 bits per heavy atom. The zero-order chi connectivity index (χ0) is 20.1. The zero-order valence-corrected chi connectivity index (χ0v) is 16.7. The summed E-state index contributed by atoms with van der Waals surface area (Å²) in [6.45, 7) is 2.67. The van der Waals surface area contributed by atoms with Crippen molar-refractivity contribution in [1.29, 1.82) is 0 Å². The summed E-state index contributed by atoms with van der Waals surface area (Å²) in [5.41, 5.74) is 4.24. The maximum Gasteiger partial charge on any atom is 0.232 e. The quantitative estimate of drug-likeness (QED) is 0.609. The van der Waals surface area contributed by atoms with Crippen molar-refractivity contribution in [3.8, 4) is 0 Å². The molecular weight excluding hydrogens is 356 g/mol. The Hall–Kier alpha value is -3.33. The van der Waals surface area contributed by atoms with Gasteiger partial charge in [-0.15, -0.1) is 0 Å². The third kappa shape index (κ3) is 4.40. The molecule has 1 amide bonds. The molecule has 0 bridgehead atoms. The lowest BCUT2D eigenvalue weighted by atomic mass is 9.95. The summed E-state index contributed by atoms with van der Waals surface area (Å²) < 4.78 is 0. The number of allylic oxidation sites excluding steroid dienone is 1. The number of hydrogen-bond acceptors (Lipinski definition) is 2. The van der Waals surface area contributed by atoms with Gasteiger partial charge >= 0.3 is 0 Å². The number of nitrogens with one attached hydrogen (secondary N) is 1. The molecule has 1 N–H and O–H groups in total. The number of amides is 1. The fourth-order valence-corrected chi connectivity index (χ4v) is 3.86. The molecule has 3 aromatic carbocycles. The van der Waals surface area contributed by atoms with Gasteiger partial charge in [0.05, 0.1) is 23.8 Å². The molecule has 0 aliphatic carbocycles. The van der Waals surface area contributed by atoms with Crippen LogP contribution in [0.1, 0.15) is 24.5 Å². The Bertz CT molecular complexity index is 982. The smallest absolute Gasteiger partial charge is 0.232 e. The summed E-state index contributed by atoms with van der Waals surface area (Å²) in [6.07, 6.45) is 4.91. The van der Waals surface area contributed by atoms with Crippen LogP contribution in [0.4, 0.5) is 11.4 Å². The number of nitrogens with zero attached hydrogens (tertiary/aromatic N) is 1. The molecule has 0 fully saturated rings. The lowest BCUT2D eigenvalue weighted by Gasteiger charge is -2.26. The molecule has 3 heteroatoms. The van der Waals surface area contributed by atoms with Gasteiger partial charge in [-0.1, -0.05) is 84.9 Å². The summed E-state index contributed by atoms with van der Waals surface area (Å²) in [5, 5.41) is 3.57. The van der Waals surface area contributed by atoms with E-state index in [-0.39, 0.29) is 17.9 Å². The second-order valence-corrected chi connectivity index (χ2v) is 7.52. The molecule has 0 saturated heterocycles. The fourth-order valence-electron chi connectivity index (χ4n) is 3.86. The highest BCUT2D eigenvalue weighted by Gasteiger charge is 2.33. The zero-order valence-electron chi connectivity index (χ0n) is 16.7. The number of benzene rings is 3. The van der Waals surface area contributed by atoms with Gasteiger partial charge in [0, 0.05) is 6.04 Å². The number of hydrogen-bond donors (Lipinski definition) is 1. The average molecular weight is 383 g/mol. The van der Waals surface area contributed by atoms with Gasteiger partial charge < -0.3 is 10.2 Å². The molecule has 0 aromatic heterocycles. The highest BCUT2D eigenvalue weighted by molar-refractivity contribution is 6.00. The van der Waals surface area contributed by atoms with Crippen LogP contribution in [0.3, 0.4) is 0 Å². The SMILES string of the molecule is CC1Nc2ccccc2N(Cc2ccccc2)C(=O)C1CC=Cc1ccccc1. The minimum absolute atomic E-state index is 0.0462. The first-order valence-electron chi connectivity index (χ1n) is 10.1. The number of carbonyl (C=O) groups excluding carboxylic acids is 1. The predicted molar refractivity (Wildman–Crippen MR) is 121 cm³/mol. The van der Waals surface area contributed by atoms with Crippen molar-refractivity contribution >= 4 is 23.4 Å². The largest absolute Gasteiger partial charge is 0.380 e. The van der Waals surface area contributed by atoms with Crippen LogP contribution >= 0.6 is 0 Å². The van der Waals surface area contributed by atoms with Crippen molar-refractivity contribution in [1.82, 2.24) is 0 Å². The molecule has 1 aliphatic rings. The molecule has 0 saturated carbocycles. The van der Waals surface area contributed by atoms with Crippen molar-refractivity contribution in [3.63, 3.8) is 0 Å². The van der Waals surface area contributed by atoms with Crippen LogP contribution in [0.25, 0.3) is 6.08 Å². The van der Waals surface area contributed by atoms with Crippen LogP contribution in [0.15, 0.2) is 91.0 Å². The summed E-state index contributed by atoms with van der Waals surface area (Å²) in [4.78, 5) is 15.6. The van der Waals surface area contributed by atoms with E-state index in [4.69, 9.17) is 0 Å². The van der Waals surface area contributed by atoms with Crippen LogP contribution in [-0.4, -0.2) is 11.9 Å². The van der Waals surface area contributed by atoms with Crippen LogP contribution in [0, 0.1) is 5.92 Å². The maximum atomic E-state index is 13.6. The number of carbonyl (C=O) groups is 1. The Morgan fingerprint density at radius 1 is 0.897 bits per heavy atom. The van der Waals surface area contributed by atoms with E-state index < -0.39 is 0 Å². The van der Waals surface area contributed by atoms with E-state index in [9.17, 15) is 4.79 Å². The van der Waals surface area contributed by atoms with Gasteiger partial charge in [0.15, 0.2) is 0 Å². The van der Waals surface area contributed by atoms with Crippen LogP contribution < -0.4 is 10.2 Å². The second-order valence-electron chi connectivity index (χ2n) is 7.52. The van der Waals surface area contributed by atoms with Crippen molar-refractivity contribution in [2.75, 3.05) is 10.2 Å². The maximum absolute atomic E-state index is 13.6. The molecule has 146 valence electrons. The Labute approximate surface area is 172 Å². The Morgan fingerprint density at radius 2 is 1.55 bits per heavy atom. The van der Waals surface area contributed by atoms with Gasteiger partial charge in [0.25, 0.3) is 0 Å². The fraction of sp³-hybridized carbons (Fsp3) is 0.192. The molecule has 0 spiro atoms. The molecular formula is C26H26N2O. The second kappa shape index (κ2) is 8.78. The molecule has 1 aliphatic heterocycles. The van der Waals surface area contributed by atoms with E-state index in [1.54, 1.807) is 0 Å². The highest BCUT2D eigenvalue weighted by Crippen LogP contribution is 2.34. The first-order chi connectivity index (χ1) is 14.2. The molecule has 1 heterocycles. The predicted octanol–water partition coefficient (Wildman–Crippen LogP) is 5.75. The van der Waals surface area contributed by atoms with Crippen LogP contribution in [-0.2, 0) is 11.3 Å². The summed E-state index contributed by atoms with van der Waals surface area (Å²) >= 11 is 0. The van der Waals surface area contributed by atoms with Crippen molar-refractivity contribution in [2.24, 2.45) is 5.92 Å². The molecule has 29 heavy (non-hydrogen) atoms. The molecule has 4 rings (SSSR count). The van der Waals surface area contributed by atoms with Gasteiger partial charge in [-0.3, -0.25) is 4.79 Å². The monoisotopic (exact) mass is 382 g/mol. The standard InChI is InChI=1S/C26H26N2O/c1-20-23(16-10-15-21-11-4-2-5-12-21)26(29)28(19-22-13-6-3-7-14-22)25-18-9-8-17-24(25)27-20/h2-15,17-18,20,23,27H,16,19H2,1H3. The summed E-state index contributed by atoms with van der Waals surface area (Å²) in [6, 6.07) is 28.5. The van der Waals surface area contributed by atoms with Gasteiger partial charge in [-0.05, 0) is 36.6 Å². The van der Waals surface area contributed by atoms with Gasteiger partial charge in [0.2, 0.25) is 5.91 Å². The van der Waals surface area contributed by atoms with Crippen molar-refractivity contribution in [2.45, 2.75) is 25.9 Å². The Kier molecular flexibility index (Phi) is 5.76. The number of rotatable bonds is 5. The van der Waals surface area contributed by atoms with E-state index >= 15 is 0 Å². The normalized spacial score (nSPS) is 18.9. The molecule has 2 unspecified atom stereocenters. The Balaban J connectivity index is 1.61.